The van der Waals surface area contributed by atoms with E-state index < -0.39 is 0 Å². The van der Waals surface area contributed by atoms with Gasteiger partial charge in [0.25, 0.3) is 0 Å². The van der Waals surface area contributed by atoms with E-state index in [1.165, 1.54) is 6.08 Å². The second-order valence-electron chi connectivity index (χ2n) is 5.94. The van der Waals surface area contributed by atoms with E-state index in [4.69, 9.17) is 11.6 Å². The minimum atomic E-state index is -0.262. The lowest BCUT2D eigenvalue weighted by Crippen LogP contribution is -2.10. The fourth-order valence-corrected chi connectivity index (χ4v) is 3.24. The Labute approximate surface area is 171 Å². The number of hydrogen-bond donors (Lipinski definition) is 1. The Morgan fingerprint density at radius 1 is 1.37 bits per heavy atom. The highest BCUT2D eigenvalue weighted by molar-refractivity contribution is 9.10. The molecule has 0 bridgehead atoms. The third kappa shape index (κ3) is 4.67. The molecule has 1 N–H and O–H groups in total. The molecule has 0 unspecified atom stereocenters. The van der Waals surface area contributed by atoms with Crippen molar-refractivity contribution in [2.75, 3.05) is 5.32 Å². The standard InChI is InChI=1S/C19H19BrClN5O/c1-3-26-13(2)14(10-22-26)8-9-18(27)23-19-16(20)12-25(24-19)11-15-6-4-5-7-17(15)21/h4-10,12H,3,11H2,1-2H3,(H,23,24,27)/b9-8+. The van der Waals surface area contributed by atoms with Crippen molar-refractivity contribution in [2.45, 2.75) is 26.9 Å². The smallest absolute Gasteiger partial charge is 0.249 e. The van der Waals surface area contributed by atoms with Crippen molar-refractivity contribution in [3.8, 4) is 0 Å². The van der Waals surface area contributed by atoms with Gasteiger partial charge < -0.3 is 5.32 Å². The summed E-state index contributed by atoms with van der Waals surface area (Å²) in [4.78, 5) is 12.2. The lowest BCUT2D eigenvalue weighted by atomic mass is 10.2. The lowest BCUT2D eigenvalue weighted by molar-refractivity contribution is -0.111. The summed E-state index contributed by atoms with van der Waals surface area (Å²) in [6, 6.07) is 7.59. The Morgan fingerprint density at radius 2 is 2.15 bits per heavy atom. The maximum absolute atomic E-state index is 12.2. The van der Waals surface area contributed by atoms with Crippen molar-refractivity contribution in [1.29, 1.82) is 0 Å². The summed E-state index contributed by atoms with van der Waals surface area (Å²) >= 11 is 9.62. The van der Waals surface area contributed by atoms with E-state index in [1.54, 1.807) is 23.2 Å². The average Bonchev–Trinajstić information content (AvgIpc) is 3.17. The van der Waals surface area contributed by atoms with Crippen LogP contribution in [0.4, 0.5) is 5.82 Å². The third-order valence-electron chi connectivity index (χ3n) is 4.10. The van der Waals surface area contributed by atoms with Crippen LogP contribution in [0.25, 0.3) is 6.08 Å². The number of hydrogen-bond acceptors (Lipinski definition) is 3. The Bertz CT molecular complexity index is 992. The average molecular weight is 449 g/mol. The van der Waals surface area contributed by atoms with Gasteiger partial charge >= 0.3 is 0 Å². The molecule has 2 aromatic heterocycles. The predicted molar refractivity (Wildman–Crippen MR) is 111 cm³/mol. The van der Waals surface area contributed by atoms with Crippen LogP contribution in [0.3, 0.4) is 0 Å². The number of rotatable bonds is 6. The van der Waals surface area contributed by atoms with E-state index in [9.17, 15) is 4.79 Å². The van der Waals surface area contributed by atoms with Gasteiger partial charge in [-0.3, -0.25) is 14.2 Å². The Morgan fingerprint density at radius 3 is 2.85 bits per heavy atom. The van der Waals surface area contributed by atoms with Crippen molar-refractivity contribution >= 4 is 45.3 Å². The summed E-state index contributed by atoms with van der Waals surface area (Å²) in [6.45, 7) is 5.30. The van der Waals surface area contributed by atoms with Gasteiger partial charge in [-0.25, -0.2) is 0 Å². The predicted octanol–water partition coefficient (Wildman–Crippen LogP) is 4.52. The zero-order chi connectivity index (χ0) is 19.4. The van der Waals surface area contributed by atoms with E-state index in [0.29, 0.717) is 21.9 Å². The van der Waals surface area contributed by atoms with Gasteiger partial charge in [-0.1, -0.05) is 29.8 Å². The van der Waals surface area contributed by atoms with Gasteiger partial charge in [0, 0.05) is 35.1 Å². The molecule has 140 valence electrons. The van der Waals surface area contributed by atoms with Crippen LogP contribution in [0.2, 0.25) is 5.02 Å². The van der Waals surface area contributed by atoms with Gasteiger partial charge in [0.15, 0.2) is 5.82 Å². The minimum Gasteiger partial charge on any atom is -0.305 e. The van der Waals surface area contributed by atoms with Crippen molar-refractivity contribution in [1.82, 2.24) is 19.6 Å². The number of nitrogens with one attached hydrogen (secondary N) is 1. The fraction of sp³-hybridized carbons (Fsp3) is 0.211. The molecule has 0 atom stereocenters. The molecule has 0 spiro atoms. The zero-order valence-electron chi connectivity index (χ0n) is 15.0. The van der Waals surface area contributed by atoms with Crippen LogP contribution < -0.4 is 5.32 Å². The summed E-state index contributed by atoms with van der Waals surface area (Å²) in [6.07, 6.45) is 6.77. The monoisotopic (exact) mass is 447 g/mol. The molecule has 0 aliphatic rings. The van der Waals surface area contributed by atoms with Gasteiger partial charge in [-0.2, -0.15) is 10.2 Å². The maximum Gasteiger partial charge on any atom is 0.249 e. The molecular weight excluding hydrogens is 430 g/mol. The van der Waals surface area contributed by atoms with Crippen molar-refractivity contribution in [3.05, 3.63) is 69.1 Å². The number of nitrogens with zero attached hydrogens (tertiary/aromatic N) is 4. The molecular formula is C19H19BrClN5O. The van der Waals surface area contributed by atoms with Crippen LogP contribution in [0, 0.1) is 6.92 Å². The zero-order valence-corrected chi connectivity index (χ0v) is 17.3. The second kappa shape index (κ2) is 8.54. The summed E-state index contributed by atoms with van der Waals surface area (Å²) in [5, 5.41) is 12.1. The highest BCUT2D eigenvalue weighted by Crippen LogP contribution is 2.22. The number of carbonyl (C=O) groups is 1. The number of aromatic nitrogens is 4. The van der Waals surface area contributed by atoms with Crippen LogP contribution in [0.1, 0.15) is 23.7 Å². The van der Waals surface area contributed by atoms with Crippen LogP contribution in [0.5, 0.6) is 0 Å². The minimum absolute atomic E-state index is 0.262. The first-order valence-electron chi connectivity index (χ1n) is 8.45. The molecule has 3 aromatic rings. The van der Waals surface area contributed by atoms with Crippen molar-refractivity contribution in [3.63, 3.8) is 0 Å². The van der Waals surface area contributed by atoms with E-state index in [0.717, 1.165) is 23.4 Å². The highest BCUT2D eigenvalue weighted by Gasteiger charge is 2.10. The molecule has 27 heavy (non-hydrogen) atoms. The normalized spacial score (nSPS) is 11.3. The summed E-state index contributed by atoms with van der Waals surface area (Å²) in [5.41, 5.74) is 2.89. The van der Waals surface area contributed by atoms with E-state index in [-0.39, 0.29) is 5.91 Å². The highest BCUT2D eigenvalue weighted by atomic mass is 79.9. The largest absolute Gasteiger partial charge is 0.305 e. The van der Waals surface area contributed by atoms with E-state index in [2.05, 4.69) is 31.4 Å². The van der Waals surface area contributed by atoms with Crippen LogP contribution in [-0.4, -0.2) is 25.5 Å². The number of aryl methyl sites for hydroxylation is 1. The van der Waals surface area contributed by atoms with Crippen molar-refractivity contribution < 1.29 is 4.79 Å². The van der Waals surface area contributed by atoms with Gasteiger partial charge in [0.2, 0.25) is 5.91 Å². The van der Waals surface area contributed by atoms with Gasteiger partial charge in [0.1, 0.15) is 0 Å². The molecule has 0 saturated heterocycles. The summed E-state index contributed by atoms with van der Waals surface area (Å²) < 4.78 is 4.30. The molecule has 6 nitrogen and oxygen atoms in total. The van der Waals surface area contributed by atoms with Crippen LogP contribution >= 0.6 is 27.5 Å². The molecule has 0 saturated carbocycles. The molecule has 1 aromatic carbocycles. The number of benzene rings is 1. The van der Waals surface area contributed by atoms with E-state index >= 15 is 0 Å². The third-order valence-corrected chi connectivity index (χ3v) is 5.05. The summed E-state index contributed by atoms with van der Waals surface area (Å²) in [5.74, 6) is 0.194. The summed E-state index contributed by atoms with van der Waals surface area (Å²) in [7, 11) is 0. The van der Waals surface area contributed by atoms with Gasteiger partial charge in [-0.05, 0) is 47.5 Å². The molecule has 0 aliphatic carbocycles. The first kappa shape index (κ1) is 19.4. The number of anilines is 1. The number of amides is 1. The first-order chi connectivity index (χ1) is 13.0. The molecule has 0 radical (unpaired) electrons. The fourth-order valence-electron chi connectivity index (χ4n) is 2.63. The van der Waals surface area contributed by atoms with Gasteiger partial charge in [0.05, 0.1) is 17.2 Å². The maximum atomic E-state index is 12.2. The van der Waals surface area contributed by atoms with Crippen LogP contribution in [0.15, 0.2) is 47.2 Å². The quantitative estimate of drug-likeness (QED) is 0.564. The molecule has 0 fully saturated rings. The van der Waals surface area contributed by atoms with Crippen LogP contribution in [-0.2, 0) is 17.9 Å². The van der Waals surface area contributed by atoms with Gasteiger partial charge in [-0.15, -0.1) is 0 Å². The Hall–Kier alpha value is -2.38. The topological polar surface area (TPSA) is 64.7 Å². The SMILES string of the molecule is CCn1ncc(/C=C/C(=O)Nc2nn(Cc3ccccc3Cl)cc2Br)c1C. The van der Waals surface area contributed by atoms with Crippen molar-refractivity contribution in [2.24, 2.45) is 0 Å². The molecule has 1 amide bonds. The molecule has 3 rings (SSSR count). The van der Waals surface area contributed by atoms with E-state index in [1.807, 2.05) is 42.8 Å². The molecule has 2 heterocycles. The second-order valence-corrected chi connectivity index (χ2v) is 7.20. The number of carbonyl (C=O) groups excluding carboxylic acids is 1. The first-order valence-corrected chi connectivity index (χ1v) is 9.63. The lowest BCUT2D eigenvalue weighted by Gasteiger charge is -2.04. The molecule has 8 heteroatoms. The molecule has 0 aliphatic heterocycles. The Kier molecular flexibility index (Phi) is 6.13. The Balaban J connectivity index is 1.67. The number of halogens is 2.